The van der Waals surface area contributed by atoms with Gasteiger partial charge in [-0.2, -0.15) is 5.26 Å². The fourth-order valence-corrected chi connectivity index (χ4v) is 4.10. The van der Waals surface area contributed by atoms with Crippen LogP contribution in [0.4, 0.5) is 5.69 Å². The summed E-state index contributed by atoms with van der Waals surface area (Å²) in [5.74, 6) is -0.305. The molecule has 0 unspecified atom stereocenters. The number of hydrogen-bond acceptors (Lipinski definition) is 5. The smallest absolute Gasteiger partial charge is 0.262 e. The minimum absolute atomic E-state index is 0.189. The lowest BCUT2D eigenvalue weighted by Gasteiger charge is -2.18. The minimum Gasteiger partial charge on any atom is -0.497 e. The Kier molecular flexibility index (Phi) is 5.48. The molecule has 0 radical (unpaired) electrons. The van der Waals surface area contributed by atoms with E-state index in [9.17, 15) is 14.9 Å². The van der Waals surface area contributed by atoms with E-state index in [0.29, 0.717) is 12.1 Å². The maximum absolute atomic E-state index is 13.1. The van der Waals surface area contributed by atoms with Crippen molar-refractivity contribution in [2.45, 2.75) is 11.7 Å². The molecular formula is C20H17N3O3S. The predicted molar refractivity (Wildman–Crippen MR) is 104 cm³/mol. The lowest BCUT2D eigenvalue weighted by Crippen LogP contribution is -2.30. The van der Waals surface area contributed by atoms with Crippen LogP contribution in [0.1, 0.15) is 5.56 Å². The van der Waals surface area contributed by atoms with E-state index < -0.39 is 11.2 Å². The molecule has 1 fully saturated rings. The number of methoxy groups -OCH3 is 1. The van der Waals surface area contributed by atoms with Gasteiger partial charge in [0.25, 0.3) is 5.91 Å². The molecule has 7 heteroatoms. The molecule has 136 valence electrons. The van der Waals surface area contributed by atoms with Crippen LogP contribution in [0, 0.1) is 11.3 Å². The second kappa shape index (κ2) is 7.98. The molecule has 1 atom stereocenters. The van der Waals surface area contributed by atoms with E-state index >= 15 is 0 Å². The third-order valence-electron chi connectivity index (χ3n) is 4.12. The van der Waals surface area contributed by atoms with Gasteiger partial charge in [-0.3, -0.25) is 14.5 Å². The van der Waals surface area contributed by atoms with Crippen LogP contribution in [0.3, 0.4) is 0 Å². The molecule has 2 amide bonds. The highest BCUT2D eigenvalue weighted by molar-refractivity contribution is 8.05. The molecule has 1 saturated heterocycles. The van der Waals surface area contributed by atoms with Crippen molar-refractivity contribution >= 4 is 29.3 Å². The summed E-state index contributed by atoms with van der Waals surface area (Å²) in [6.07, 6.45) is 0.456. The van der Waals surface area contributed by atoms with E-state index in [0.717, 1.165) is 11.3 Å². The minimum atomic E-state index is -0.848. The number of anilines is 1. The summed E-state index contributed by atoms with van der Waals surface area (Å²) >= 11 is 1.19. The number of primary amides is 1. The molecule has 3 rings (SSSR count). The normalized spacial score (nSPS) is 18.1. The van der Waals surface area contributed by atoms with E-state index in [2.05, 4.69) is 0 Å². The molecular weight excluding hydrogens is 362 g/mol. The monoisotopic (exact) mass is 379 g/mol. The average Bonchev–Trinajstić information content (AvgIpc) is 2.99. The molecule has 0 spiro atoms. The Morgan fingerprint density at radius 3 is 2.44 bits per heavy atom. The number of nitrogens with two attached hydrogens (primary N) is 1. The molecule has 0 aliphatic carbocycles. The summed E-state index contributed by atoms with van der Waals surface area (Å²) in [5.41, 5.74) is 6.69. The molecule has 0 aromatic heterocycles. The number of para-hydroxylation sites is 1. The quantitative estimate of drug-likeness (QED) is 0.636. The van der Waals surface area contributed by atoms with E-state index in [1.165, 1.54) is 16.7 Å². The summed E-state index contributed by atoms with van der Waals surface area (Å²) in [7, 11) is 1.59. The Morgan fingerprint density at radius 2 is 1.89 bits per heavy atom. The SMILES string of the molecule is COc1ccc(C[C@H]2S/C(=C(/C#N)C(N)=O)N(c3ccccc3)C2=O)cc1. The molecule has 0 saturated carbocycles. The number of hydrogen-bond donors (Lipinski definition) is 1. The topological polar surface area (TPSA) is 96.4 Å². The largest absolute Gasteiger partial charge is 0.497 e. The van der Waals surface area contributed by atoms with Crippen LogP contribution < -0.4 is 15.4 Å². The van der Waals surface area contributed by atoms with Crippen molar-refractivity contribution < 1.29 is 14.3 Å². The number of nitrogens with zero attached hydrogens (tertiary/aromatic N) is 2. The van der Waals surface area contributed by atoms with E-state index in [-0.39, 0.29) is 16.5 Å². The molecule has 2 aromatic carbocycles. The summed E-state index contributed by atoms with van der Waals surface area (Å²) in [6.45, 7) is 0. The van der Waals surface area contributed by atoms with Gasteiger partial charge in [-0.1, -0.05) is 42.1 Å². The molecule has 1 aliphatic rings. The Balaban J connectivity index is 1.97. The first kappa shape index (κ1) is 18.5. The lowest BCUT2D eigenvalue weighted by atomic mass is 10.1. The number of amides is 2. The number of thioether (sulfide) groups is 1. The number of carbonyl (C=O) groups is 2. The van der Waals surface area contributed by atoms with Crippen LogP contribution in [0.25, 0.3) is 0 Å². The van der Waals surface area contributed by atoms with Crippen molar-refractivity contribution in [1.29, 1.82) is 5.26 Å². The van der Waals surface area contributed by atoms with Crippen molar-refractivity contribution in [3.8, 4) is 11.8 Å². The van der Waals surface area contributed by atoms with Crippen LogP contribution in [-0.4, -0.2) is 24.2 Å². The van der Waals surface area contributed by atoms with Gasteiger partial charge in [-0.05, 0) is 36.2 Å². The van der Waals surface area contributed by atoms with Gasteiger partial charge in [0.05, 0.1) is 12.4 Å². The van der Waals surface area contributed by atoms with Crippen LogP contribution >= 0.6 is 11.8 Å². The Morgan fingerprint density at radius 1 is 1.22 bits per heavy atom. The summed E-state index contributed by atoms with van der Waals surface area (Å²) in [5, 5.41) is 9.18. The Bertz CT molecular complexity index is 933. The van der Waals surface area contributed by atoms with Crippen molar-refractivity contribution in [3.05, 3.63) is 70.8 Å². The van der Waals surface area contributed by atoms with Crippen LogP contribution in [0.15, 0.2) is 65.2 Å². The molecule has 1 aliphatic heterocycles. The number of benzene rings is 2. The molecule has 2 N–H and O–H groups in total. The highest BCUT2D eigenvalue weighted by Crippen LogP contribution is 2.41. The summed E-state index contributed by atoms with van der Waals surface area (Å²) in [4.78, 5) is 26.2. The zero-order valence-corrected chi connectivity index (χ0v) is 15.4. The van der Waals surface area contributed by atoms with Gasteiger partial charge in [0, 0.05) is 5.69 Å². The van der Waals surface area contributed by atoms with E-state index in [4.69, 9.17) is 10.5 Å². The van der Waals surface area contributed by atoms with Crippen molar-refractivity contribution in [2.75, 3.05) is 12.0 Å². The molecule has 0 bridgehead atoms. The summed E-state index contributed by atoms with van der Waals surface area (Å²) in [6, 6.07) is 18.2. The van der Waals surface area contributed by atoms with Crippen molar-refractivity contribution in [1.82, 2.24) is 0 Å². The van der Waals surface area contributed by atoms with Gasteiger partial charge in [-0.15, -0.1) is 0 Å². The van der Waals surface area contributed by atoms with Gasteiger partial charge in [-0.25, -0.2) is 0 Å². The maximum atomic E-state index is 13.1. The van der Waals surface area contributed by atoms with Gasteiger partial charge >= 0.3 is 0 Å². The molecule has 1 heterocycles. The zero-order chi connectivity index (χ0) is 19.4. The number of rotatable bonds is 5. The van der Waals surface area contributed by atoms with Crippen LogP contribution in [0.5, 0.6) is 5.75 Å². The molecule has 2 aromatic rings. The first-order chi connectivity index (χ1) is 13.0. The number of carbonyl (C=O) groups excluding carboxylic acids is 2. The van der Waals surface area contributed by atoms with E-state index in [1.54, 1.807) is 31.4 Å². The highest BCUT2D eigenvalue weighted by Gasteiger charge is 2.40. The highest BCUT2D eigenvalue weighted by atomic mass is 32.2. The van der Waals surface area contributed by atoms with Gasteiger partial charge in [0.2, 0.25) is 5.91 Å². The van der Waals surface area contributed by atoms with Gasteiger partial charge in [0.1, 0.15) is 22.4 Å². The third kappa shape index (κ3) is 3.81. The fraction of sp³-hybridized carbons (Fsp3) is 0.150. The molecule has 6 nitrogen and oxygen atoms in total. The second-order valence-electron chi connectivity index (χ2n) is 5.82. The standard InChI is InChI=1S/C20H17N3O3S/c1-26-15-9-7-13(8-10-15)11-17-19(25)23(14-5-3-2-4-6-14)20(27-17)16(12-21)18(22)24/h2-10,17H,11H2,1H3,(H2,22,24)/b20-16-/t17-/m1/s1. The second-order valence-corrected chi connectivity index (χ2v) is 7.02. The van der Waals surface area contributed by atoms with Crippen molar-refractivity contribution in [2.24, 2.45) is 5.73 Å². The van der Waals surface area contributed by atoms with Gasteiger partial charge in [0.15, 0.2) is 0 Å². The predicted octanol–water partition coefficient (Wildman–Crippen LogP) is 2.61. The zero-order valence-electron chi connectivity index (χ0n) is 14.6. The molecule has 27 heavy (non-hydrogen) atoms. The van der Waals surface area contributed by atoms with Crippen LogP contribution in [0.2, 0.25) is 0 Å². The van der Waals surface area contributed by atoms with Crippen LogP contribution in [-0.2, 0) is 16.0 Å². The average molecular weight is 379 g/mol. The van der Waals surface area contributed by atoms with Crippen molar-refractivity contribution in [3.63, 3.8) is 0 Å². The number of ether oxygens (including phenoxy) is 1. The Hall–Kier alpha value is -3.24. The van der Waals surface area contributed by atoms with Gasteiger partial charge < -0.3 is 10.5 Å². The number of nitriles is 1. The summed E-state index contributed by atoms with van der Waals surface area (Å²) < 4.78 is 5.15. The Labute approximate surface area is 161 Å². The lowest BCUT2D eigenvalue weighted by molar-refractivity contribution is -0.117. The van der Waals surface area contributed by atoms with E-state index in [1.807, 2.05) is 36.4 Å². The third-order valence-corrected chi connectivity index (χ3v) is 5.38. The maximum Gasteiger partial charge on any atom is 0.262 e. The first-order valence-electron chi connectivity index (χ1n) is 8.18. The first-order valence-corrected chi connectivity index (χ1v) is 9.06. The fourth-order valence-electron chi connectivity index (χ4n) is 2.79.